The smallest absolute Gasteiger partial charge is 0.311 e. The second kappa shape index (κ2) is 9.24. The number of hydrogen-bond donors (Lipinski definition) is 1. The lowest BCUT2D eigenvalue weighted by atomic mass is 10.1. The summed E-state index contributed by atoms with van der Waals surface area (Å²) in [7, 11) is 1.34. The molecule has 1 N–H and O–H groups in total. The SMILES string of the molecule is COc1cc([N+](=O)[O-])ccc1N1C[C@@H](C(=O)OCC(=O)Nc2cccc(C)c2)CC1=O. The minimum absolute atomic E-state index is 0.0192. The Morgan fingerprint density at radius 3 is 2.71 bits per heavy atom. The maximum absolute atomic E-state index is 12.4. The lowest BCUT2D eigenvalue weighted by Gasteiger charge is -2.19. The molecule has 3 rings (SSSR count). The number of ether oxygens (including phenoxy) is 2. The molecule has 0 unspecified atom stereocenters. The summed E-state index contributed by atoms with van der Waals surface area (Å²) in [5.74, 6) is -2.13. The number of nitrogens with one attached hydrogen (secondary N) is 1. The van der Waals surface area contributed by atoms with Crippen LogP contribution in [0.15, 0.2) is 42.5 Å². The van der Waals surface area contributed by atoms with E-state index >= 15 is 0 Å². The molecule has 31 heavy (non-hydrogen) atoms. The lowest BCUT2D eigenvalue weighted by molar-refractivity contribution is -0.384. The van der Waals surface area contributed by atoms with Crippen LogP contribution in [0, 0.1) is 23.0 Å². The number of benzene rings is 2. The van der Waals surface area contributed by atoms with Gasteiger partial charge in [0.15, 0.2) is 6.61 Å². The third-order valence-corrected chi connectivity index (χ3v) is 4.77. The van der Waals surface area contributed by atoms with Gasteiger partial charge in [-0.05, 0) is 30.7 Å². The van der Waals surface area contributed by atoms with E-state index in [1.165, 1.54) is 30.2 Å². The second-order valence-corrected chi connectivity index (χ2v) is 7.04. The van der Waals surface area contributed by atoms with Crippen molar-refractivity contribution >= 4 is 34.8 Å². The number of hydrogen-bond acceptors (Lipinski definition) is 7. The first-order chi connectivity index (χ1) is 14.8. The maximum Gasteiger partial charge on any atom is 0.311 e. The van der Waals surface area contributed by atoms with Crippen LogP contribution in [0.5, 0.6) is 5.75 Å². The zero-order valence-electron chi connectivity index (χ0n) is 17.0. The number of nitro groups is 1. The standard InChI is InChI=1S/C21H21N3O7/c1-13-4-3-5-15(8-13)22-19(25)12-31-21(27)14-9-20(26)23(11-14)17-7-6-16(24(28)29)10-18(17)30-2/h3-8,10,14H,9,11-12H2,1-2H3,(H,22,25)/t14-/m0/s1. The number of carbonyl (C=O) groups excluding carboxylic acids is 3. The molecule has 0 saturated carbocycles. The Labute approximate surface area is 177 Å². The van der Waals surface area contributed by atoms with Crippen LogP contribution in [-0.4, -0.2) is 43.0 Å². The number of nitrogens with zero attached hydrogens (tertiary/aromatic N) is 2. The van der Waals surface area contributed by atoms with Gasteiger partial charge in [-0.25, -0.2) is 0 Å². The highest BCUT2D eigenvalue weighted by molar-refractivity contribution is 6.01. The molecule has 1 aliphatic rings. The number of carbonyl (C=O) groups is 3. The summed E-state index contributed by atoms with van der Waals surface area (Å²) >= 11 is 0. The van der Waals surface area contributed by atoms with Crippen molar-refractivity contribution in [2.45, 2.75) is 13.3 Å². The molecule has 0 aromatic heterocycles. The summed E-state index contributed by atoms with van der Waals surface area (Å²) in [6.45, 7) is 1.43. The van der Waals surface area contributed by atoms with Gasteiger partial charge in [-0.1, -0.05) is 12.1 Å². The molecule has 1 atom stereocenters. The van der Waals surface area contributed by atoms with Crippen molar-refractivity contribution in [2.75, 3.05) is 30.5 Å². The van der Waals surface area contributed by atoms with Gasteiger partial charge in [0, 0.05) is 24.7 Å². The van der Waals surface area contributed by atoms with Crippen molar-refractivity contribution < 1.29 is 28.8 Å². The summed E-state index contributed by atoms with van der Waals surface area (Å²) in [4.78, 5) is 48.5. The molecular weight excluding hydrogens is 406 g/mol. The average molecular weight is 427 g/mol. The molecule has 1 heterocycles. The summed E-state index contributed by atoms with van der Waals surface area (Å²) < 4.78 is 10.2. The van der Waals surface area contributed by atoms with E-state index in [0.29, 0.717) is 11.4 Å². The molecule has 1 aliphatic heterocycles. The van der Waals surface area contributed by atoms with Crippen molar-refractivity contribution in [3.63, 3.8) is 0 Å². The molecule has 0 radical (unpaired) electrons. The molecule has 2 amide bonds. The molecule has 10 nitrogen and oxygen atoms in total. The number of esters is 1. The number of nitro benzene ring substituents is 1. The Kier molecular flexibility index (Phi) is 6.49. The molecular formula is C21H21N3O7. The molecule has 1 fully saturated rings. The Balaban J connectivity index is 1.60. The van der Waals surface area contributed by atoms with Gasteiger partial charge >= 0.3 is 5.97 Å². The predicted octanol–water partition coefficient (Wildman–Crippen LogP) is 2.45. The molecule has 162 valence electrons. The first-order valence-electron chi connectivity index (χ1n) is 9.44. The maximum atomic E-state index is 12.4. The lowest BCUT2D eigenvalue weighted by Crippen LogP contribution is -2.28. The molecule has 0 spiro atoms. The van der Waals surface area contributed by atoms with Crippen LogP contribution in [0.3, 0.4) is 0 Å². The number of methoxy groups -OCH3 is 1. The fourth-order valence-corrected chi connectivity index (χ4v) is 3.28. The van der Waals surface area contributed by atoms with Crippen LogP contribution in [0.4, 0.5) is 17.1 Å². The first kappa shape index (κ1) is 21.8. The minimum Gasteiger partial charge on any atom is -0.494 e. The highest BCUT2D eigenvalue weighted by atomic mass is 16.6. The summed E-state index contributed by atoms with van der Waals surface area (Å²) in [6, 6.07) is 11.1. The number of non-ortho nitro benzene ring substituents is 1. The normalized spacial score (nSPS) is 15.5. The van der Waals surface area contributed by atoms with Crippen LogP contribution in [0.2, 0.25) is 0 Å². The average Bonchev–Trinajstić information content (AvgIpc) is 3.13. The van der Waals surface area contributed by atoms with E-state index in [-0.39, 0.29) is 30.3 Å². The third kappa shape index (κ3) is 5.16. The van der Waals surface area contributed by atoms with Gasteiger partial charge in [-0.2, -0.15) is 0 Å². The monoisotopic (exact) mass is 427 g/mol. The van der Waals surface area contributed by atoms with Gasteiger partial charge < -0.3 is 19.7 Å². The van der Waals surface area contributed by atoms with E-state index < -0.39 is 29.3 Å². The predicted molar refractivity (Wildman–Crippen MR) is 111 cm³/mol. The molecule has 2 aromatic rings. The first-order valence-corrected chi connectivity index (χ1v) is 9.44. The molecule has 0 aliphatic carbocycles. The van der Waals surface area contributed by atoms with Crippen LogP contribution in [-0.2, 0) is 19.1 Å². The zero-order chi connectivity index (χ0) is 22.5. The zero-order valence-corrected chi connectivity index (χ0v) is 17.0. The van der Waals surface area contributed by atoms with E-state index in [0.717, 1.165) is 5.56 Å². The Morgan fingerprint density at radius 2 is 2.03 bits per heavy atom. The minimum atomic E-state index is -0.765. The Hall–Kier alpha value is -3.95. The van der Waals surface area contributed by atoms with E-state index in [9.17, 15) is 24.5 Å². The van der Waals surface area contributed by atoms with Crippen molar-refractivity contribution in [1.29, 1.82) is 0 Å². The second-order valence-electron chi connectivity index (χ2n) is 7.04. The van der Waals surface area contributed by atoms with Gasteiger partial charge in [0.1, 0.15) is 5.75 Å². The number of amides is 2. The van der Waals surface area contributed by atoms with Crippen LogP contribution < -0.4 is 15.0 Å². The molecule has 10 heteroatoms. The van der Waals surface area contributed by atoms with Crippen molar-refractivity contribution in [1.82, 2.24) is 0 Å². The van der Waals surface area contributed by atoms with Crippen molar-refractivity contribution in [3.05, 3.63) is 58.1 Å². The number of aryl methyl sites for hydroxylation is 1. The van der Waals surface area contributed by atoms with Crippen molar-refractivity contribution in [3.8, 4) is 5.75 Å². The van der Waals surface area contributed by atoms with Crippen LogP contribution in [0.1, 0.15) is 12.0 Å². The van der Waals surface area contributed by atoms with Gasteiger partial charge in [0.05, 0.1) is 29.7 Å². The van der Waals surface area contributed by atoms with E-state index in [1.807, 2.05) is 13.0 Å². The van der Waals surface area contributed by atoms with Gasteiger partial charge in [0.25, 0.3) is 11.6 Å². The topological polar surface area (TPSA) is 128 Å². The molecule has 0 bridgehead atoms. The fraction of sp³-hybridized carbons (Fsp3) is 0.286. The van der Waals surface area contributed by atoms with E-state index in [4.69, 9.17) is 9.47 Å². The van der Waals surface area contributed by atoms with Crippen molar-refractivity contribution in [2.24, 2.45) is 5.92 Å². The van der Waals surface area contributed by atoms with Gasteiger partial charge in [-0.3, -0.25) is 24.5 Å². The van der Waals surface area contributed by atoms with E-state index in [1.54, 1.807) is 18.2 Å². The highest BCUT2D eigenvalue weighted by Gasteiger charge is 2.37. The fourth-order valence-electron chi connectivity index (χ4n) is 3.28. The summed E-state index contributed by atoms with van der Waals surface area (Å²) in [6.07, 6.45) is -0.0987. The molecule has 1 saturated heterocycles. The van der Waals surface area contributed by atoms with Gasteiger partial charge in [0.2, 0.25) is 5.91 Å². The van der Waals surface area contributed by atoms with Crippen LogP contribution in [0.25, 0.3) is 0 Å². The summed E-state index contributed by atoms with van der Waals surface area (Å²) in [5.41, 5.74) is 1.71. The Morgan fingerprint density at radius 1 is 1.26 bits per heavy atom. The van der Waals surface area contributed by atoms with Gasteiger partial charge in [-0.15, -0.1) is 0 Å². The highest BCUT2D eigenvalue weighted by Crippen LogP contribution is 2.35. The summed E-state index contributed by atoms with van der Waals surface area (Å²) in [5, 5.41) is 13.6. The van der Waals surface area contributed by atoms with Crippen LogP contribution >= 0.6 is 0 Å². The number of rotatable bonds is 7. The van der Waals surface area contributed by atoms with E-state index in [2.05, 4.69) is 5.32 Å². The Bertz CT molecular complexity index is 1040. The quantitative estimate of drug-likeness (QED) is 0.408. The molecule has 2 aromatic carbocycles. The largest absolute Gasteiger partial charge is 0.494 e. The number of anilines is 2. The third-order valence-electron chi connectivity index (χ3n) is 4.77.